The summed E-state index contributed by atoms with van der Waals surface area (Å²) in [4.78, 5) is 39.8. The Morgan fingerprint density at radius 1 is 1.21 bits per heavy atom. The van der Waals surface area contributed by atoms with Crippen molar-refractivity contribution in [2.24, 2.45) is 5.73 Å². The summed E-state index contributed by atoms with van der Waals surface area (Å²) in [5.41, 5.74) is 8.33. The second-order valence-electron chi connectivity index (χ2n) is 6.55. The molecule has 3 amide bonds. The first kappa shape index (κ1) is 20.1. The minimum Gasteiger partial charge on any atom is -0.467 e. The summed E-state index contributed by atoms with van der Waals surface area (Å²) in [6.45, 7) is 3.80. The zero-order valence-electron chi connectivity index (χ0n) is 16.2. The number of nitrogens with zero attached hydrogens (tertiary/aromatic N) is 3. The van der Waals surface area contributed by atoms with E-state index in [0.717, 1.165) is 11.3 Å². The third-order valence-corrected chi connectivity index (χ3v) is 4.56. The Bertz CT molecular complexity index is 1050. The van der Waals surface area contributed by atoms with E-state index in [1.807, 2.05) is 6.92 Å². The van der Waals surface area contributed by atoms with Crippen LogP contribution in [0.4, 0.5) is 0 Å². The van der Waals surface area contributed by atoms with E-state index in [1.165, 1.54) is 12.5 Å². The maximum atomic E-state index is 12.1. The van der Waals surface area contributed by atoms with Gasteiger partial charge in [-0.3, -0.25) is 14.4 Å². The highest BCUT2D eigenvalue weighted by atomic mass is 16.3. The number of fused-ring (bicyclic) bond motifs is 1. The average Bonchev–Trinajstić information content (AvgIpc) is 3.34. The second kappa shape index (κ2) is 8.55. The number of hydrogen-bond donors (Lipinski definition) is 3. The van der Waals surface area contributed by atoms with E-state index in [1.54, 1.807) is 23.6 Å². The van der Waals surface area contributed by atoms with Gasteiger partial charge in [-0.25, -0.2) is 9.50 Å². The molecule has 3 rings (SSSR count). The number of aryl methyl sites for hydroxylation is 2. The molecular formula is C19H22N6O4. The molecule has 0 fully saturated rings. The second-order valence-corrected chi connectivity index (χ2v) is 6.55. The van der Waals surface area contributed by atoms with Crippen LogP contribution in [0.15, 0.2) is 29.0 Å². The number of nitrogens with one attached hydrogen (secondary N) is 2. The predicted molar refractivity (Wildman–Crippen MR) is 103 cm³/mol. The summed E-state index contributed by atoms with van der Waals surface area (Å²) < 4.78 is 6.67. The molecule has 3 aromatic heterocycles. The fourth-order valence-corrected chi connectivity index (χ4v) is 3.01. The number of carbonyl (C=O) groups excluding carboxylic acids is 3. The SMILES string of the molecule is Cc1nc2c(C(N)=O)cnn2c(C)c1CCC(=O)NCC(=O)NCc1ccco1. The lowest BCUT2D eigenvalue weighted by Crippen LogP contribution is -2.36. The molecule has 0 atom stereocenters. The van der Waals surface area contributed by atoms with Crippen LogP contribution in [0.25, 0.3) is 5.65 Å². The monoisotopic (exact) mass is 398 g/mol. The lowest BCUT2D eigenvalue weighted by atomic mass is 10.1. The van der Waals surface area contributed by atoms with Gasteiger partial charge in [0.2, 0.25) is 11.8 Å². The van der Waals surface area contributed by atoms with Crippen LogP contribution >= 0.6 is 0 Å². The van der Waals surface area contributed by atoms with Crippen LogP contribution in [0.3, 0.4) is 0 Å². The first-order valence-corrected chi connectivity index (χ1v) is 9.06. The van der Waals surface area contributed by atoms with Crippen molar-refractivity contribution in [2.45, 2.75) is 33.2 Å². The molecule has 0 bridgehead atoms. The largest absolute Gasteiger partial charge is 0.467 e. The molecule has 29 heavy (non-hydrogen) atoms. The van der Waals surface area contributed by atoms with Crippen molar-refractivity contribution in [1.82, 2.24) is 25.2 Å². The van der Waals surface area contributed by atoms with Crippen molar-refractivity contribution >= 4 is 23.4 Å². The summed E-state index contributed by atoms with van der Waals surface area (Å²) in [6.07, 6.45) is 3.52. The third kappa shape index (κ3) is 4.60. The number of primary amides is 1. The molecule has 0 spiro atoms. The Hall–Kier alpha value is -3.69. The molecule has 10 nitrogen and oxygen atoms in total. The highest BCUT2D eigenvalue weighted by Crippen LogP contribution is 2.18. The van der Waals surface area contributed by atoms with Gasteiger partial charge in [0.15, 0.2) is 5.65 Å². The number of rotatable bonds is 8. The fourth-order valence-electron chi connectivity index (χ4n) is 3.01. The van der Waals surface area contributed by atoms with Crippen molar-refractivity contribution in [3.8, 4) is 0 Å². The molecule has 0 radical (unpaired) electrons. The van der Waals surface area contributed by atoms with Gasteiger partial charge >= 0.3 is 0 Å². The van der Waals surface area contributed by atoms with Crippen LogP contribution < -0.4 is 16.4 Å². The summed E-state index contributed by atoms with van der Waals surface area (Å²) in [6, 6.07) is 3.48. The van der Waals surface area contributed by atoms with Gasteiger partial charge < -0.3 is 20.8 Å². The smallest absolute Gasteiger partial charge is 0.254 e. The summed E-state index contributed by atoms with van der Waals surface area (Å²) in [5.74, 6) is -0.517. The highest BCUT2D eigenvalue weighted by molar-refractivity contribution is 5.98. The molecule has 0 aromatic carbocycles. The lowest BCUT2D eigenvalue weighted by Gasteiger charge is -2.11. The van der Waals surface area contributed by atoms with Gasteiger partial charge in [-0.1, -0.05) is 0 Å². The van der Waals surface area contributed by atoms with Crippen LogP contribution in [0, 0.1) is 13.8 Å². The minimum absolute atomic E-state index is 0.115. The van der Waals surface area contributed by atoms with E-state index in [9.17, 15) is 14.4 Å². The standard InChI is InChI=1S/C19H22N6O4/c1-11-14(12(2)25-19(24-11)15(9-23-25)18(20)28)5-6-16(26)22-10-17(27)21-8-13-4-3-7-29-13/h3-4,7,9H,5-6,8,10H2,1-2H3,(H2,20,28)(H,21,27)(H,22,26). The summed E-state index contributed by atoms with van der Waals surface area (Å²) in [5, 5.41) is 9.41. The van der Waals surface area contributed by atoms with Crippen molar-refractivity contribution in [1.29, 1.82) is 0 Å². The highest BCUT2D eigenvalue weighted by Gasteiger charge is 2.17. The molecule has 0 unspecified atom stereocenters. The lowest BCUT2D eigenvalue weighted by molar-refractivity contribution is -0.126. The van der Waals surface area contributed by atoms with Crippen molar-refractivity contribution in [3.05, 3.63) is 52.9 Å². The van der Waals surface area contributed by atoms with Gasteiger partial charge in [0.25, 0.3) is 5.91 Å². The van der Waals surface area contributed by atoms with Crippen LogP contribution in [-0.4, -0.2) is 38.9 Å². The van der Waals surface area contributed by atoms with E-state index in [4.69, 9.17) is 10.2 Å². The van der Waals surface area contributed by atoms with Gasteiger partial charge in [0.1, 0.15) is 11.3 Å². The molecule has 0 aliphatic heterocycles. The average molecular weight is 398 g/mol. The Morgan fingerprint density at radius 2 is 2.00 bits per heavy atom. The van der Waals surface area contributed by atoms with Crippen molar-refractivity contribution < 1.29 is 18.8 Å². The minimum atomic E-state index is -0.594. The van der Waals surface area contributed by atoms with Crippen LogP contribution in [0.2, 0.25) is 0 Å². The maximum Gasteiger partial charge on any atom is 0.254 e. The Morgan fingerprint density at radius 3 is 2.69 bits per heavy atom. The van der Waals surface area contributed by atoms with E-state index >= 15 is 0 Å². The first-order valence-electron chi connectivity index (χ1n) is 9.06. The molecule has 0 aliphatic carbocycles. The Labute approximate surface area is 166 Å². The zero-order valence-corrected chi connectivity index (χ0v) is 16.2. The predicted octanol–water partition coefficient (Wildman–Crippen LogP) is 0.403. The van der Waals surface area contributed by atoms with Crippen LogP contribution in [0.1, 0.15) is 39.5 Å². The molecule has 0 saturated heterocycles. The number of aromatic nitrogens is 3. The normalized spacial score (nSPS) is 10.8. The molecular weight excluding hydrogens is 376 g/mol. The molecule has 4 N–H and O–H groups in total. The van der Waals surface area contributed by atoms with E-state index < -0.39 is 5.91 Å². The maximum absolute atomic E-state index is 12.1. The molecule has 10 heteroatoms. The third-order valence-electron chi connectivity index (χ3n) is 4.56. The van der Waals surface area contributed by atoms with E-state index in [-0.39, 0.29) is 36.9 Å². The topological polar surface area (TPSA) is 145 Å². The number of carbonyl (C=O) groups is 3. The number of furan rings is 1. The molecule has 152 valence electrons. The van der Waals surface area contributed by atoms with E-state index in [2.05, 4.69) is 20.7 Å². The van der Waals surface area contributed by atoms with Gasteiger partial charge in [0.05, 0.1) is 25.5 Å². The quantitative estimate of drug-likeness (QED) is 0.501. The number of amides is 3. The van der Waals surface area contributed by atoms with Gasteiger partial charge in [0, 0.05) is 17.8 Å². The number of hydrogen-bond acceptors (Lipinski definition) is 6. The zero-order chi connectivity index (χ0) is 21.0. The van der Waals surface area contributed by atoms with Crippen molar-refractivity contribution in [2.75, 3.05) is 6.54 Å². The summed E-state index contributed by atoms with van der Waals surface area (Å²) >= 11 is 0. The van der Waals surface area contributed by atoms with Gasteiger partial charge in [-0.15, -0.1) is 0 Å². The van der Waals surface area contributed by atoms with E-state index in [0.29, 0.717) is 23.5 Å². The first-order chi connectivity index (χ1) is 13.9. The van der Waals surface area contributed by atoms with Gasteiger partial charge in [-0.2, -0.15) is 5.10 Å². The Balaban J connectivity index is 1.55. The molecule has 3 heterocycles. The molecule has 3 aromatic rings. The molecule has 0 saturated carbocycles. The summed E-state index contributed by atoms with van der Waals surface area (Å²) in [7, 11) is 0. The fraction of sp³-hybridized carbons (Fsp3) is 0.316. The number of nitrogens with two attached hydrogens (primary N) is 1. The van der Waals surface area contributed by atoms with Crippen LogP contribution in [0.5, 0.6) is 0 Å². The van der Waals surface area contributed by atoms with Gasteiger partial charge in [-0.05, 0) is 38.0 Å². The van der Waals surface area contributed by atoms with Crippen molar-refractivity contribution in [3.63, 3.8) is 0 Å². The molecule has 0 aliphatic rings. The Kier molecular flexibility index (Phi) is 5.91. The van der Waals surface area contributed by atoms with Crippen LogP contribution in [-0.2, 0) is 22.6 Å².